The van der Waals surface area contributed by atoms with Crippen molar-refractivity contribution in [2.75, 3.05) is 14.2 Å². The largest absolute Gasteiger partial charge is 0.497 e. The number of ether oxygens (including phenoxy) is 2. The Labute approximate surface area is 175 Å². The zero-order valence-electron chi connectivity index (χ0n) is 15.7. The van der Waals surface area contributed by atoms with E-state index in [1.54, 1.807) is 24.3 Å². The van der Waals surface area contributed by atoms with Gasteiger partial charge in [-0.2, -0.15) is 0 Å². The van der Waals surface area contributed by atoms with Gasteiger partial charge in [-0.15, -0.1) is 11.3 Å². The van der Waals surface area contributed by atoms with Crippen LogP contribution in [0.1, 0.15) is 23.3 Å². The summed E-state index contributed by atoms with van der Waals surface area (Å²) in [6.07, 6.45) is 1.93. The molecule has 2 aromatic rings. The molecule has 10 heteroatoms. The lowest BCUT2D eigenvalue weighted by Crippen LogP contribution is -2.14. The van der Waals surface area contributed by atoms with Crippen LogP contribution in [0.5, 0.6) is 11.6 Å². The predicted molar refractivity (Wildman–Crippen MR) is 112 cm³/mol. The molecule has 1 aliphatic heterocycles. The zero-order chi connectivity index (χ0) is 21.1. The van der Waals surface area contributed by atoms with Crippen molar-refractivity contribution in [1.82, 2.24) is 4.57 Å². The number of thiazole rings is 1. The lowest BCUT2D eigenvalue weighted by atomic mass is 10.0. The van der Waals surface area contributed by atoms with E-state index in [-0.39, 0.29) is 24.6 Å². The van der Waals surface area contributed by atoms with Crippen molar-refractivity contribution in [3.63, 3.8) is 0 Å². The Morgan fingerprint density at radius 1 is 1.34 bits per heavy atom. The second-order valence-corrected chi connectivity index (χ2v) is 7.77. The lowest BCUT2D eigenvalue weighted by molar-refractivity contribution is -0.137. The standard InChI is InChI=1S/C19H18N2O6S2/c1-26-10-5-6-13-11(8-10)12(16(20-13)18(25)27-2)9-14-17(24)21(19(28)29-14)7-3-4-15(22)23/h5-6,8-9,24H,3-4,7H2,1-2H3,(H,22,23). The van der Waals surface area contributed by atoms with Crippen molar-refractivity contribution >= 4 is 58.5 Å². The van der Waals surface area contributed by atoms with Crippen LogP contribution in [0.3, 0.4) is 0 Å². The summed E-state index contributed by atoms with van der Waals surface area (Å²) in [6, 6.07) is 5.22. The number of methoxy groups -OCH3 is 2. The first-order valence-electron chi connectivity index (χ1n) is 8.57. The fourth-order valence-electron chi connectivity index (χ4n) is 2.89. The Morgan fingerprint density at radius 3 is 2.76 bits per heavy atom. The fraction of sp³-hybridized carbons (Fsp3) is 0.263. The first-order chi connectivity index (χ1) is 13.8. The van der Waals surface area contributed by atoms with Gasteiger partial charge in [-0.25, -0.2) is 9.79 Å². The maximum absolute atomic E-state index is 12.2. The number of carbonyl (C=O) groups excluding carboxylic acids is 1. The Hall–Kier alpha value is -2.98. The van der Waals surface area contributed by atoms with Crippen LogP contribution in [-0.4, -0.2) is 46.7 Å². The summed E-state index contributed by atoms with van der Waals surface area (Å²) in [7, 11) is 2.81. The van der Waals surface area contributed by atoms with E-state index >= 15 is 0 Å². The van der Waals surface area contributed by atoms with Crippen LogP contribution >= 0.6 is 23.6 Å². The third-order valence-corrected chi connectivity index (χ3v) is 5.69. The van der Waals surface area contributed by atoms with Crippen molar-refractivity contribution in [3.8, 4) is 11.6 Å². The van der Waals surface area contributed by atoms with Crippen LogP contribution in [0.25, 0.3) is 11.6 Å². The number of esters is 1. The molecule has 0 aliphatic carbocycles. The summed E-state index contributed by atoms with van der Waals surface area (Å²) in [5.74, 6) is -1.00. The van der Waals surface area contributed by atoms with Gasteiger partial charge in [-0.1, -0.05) is 0 Å². The fourth-order valence-corrected chi connectivity index (χ4v) is 4.19. The molecule has 0 unspecified atom stereocenters. The number of fused-ring (bicyclic) bond motifs is 1. The molecule has 0 spiro atoms. The van der Waals surface area contributed by atoms with Crippen LogP contribution in [0.2, 0.25) is 0 Å². The van der Waals surface area contributed by atoms with Gasteiger partial charge in [0.2, 0.25) is 5.88 Å². The van der Waals surface area contributed by atoms with Crippen molar-refractivity contribution < 1.29 is 29.3 Å². The summed E-state index contributed by atoms with van der Waals surface area (Å²) in [5, 5.41) is 19.4. The van der Waals surface area contributed by atoms with Gasteiger partial charge in [0.15, 0.2) is 9.67 Å². The second-order valence-electron chi connectivity index (χ2n) is 6.10. The first kappa shape index (κ1) is 20.7. The normalized spacial score (nSPS) is 13.9. The minimum atomic E-state index is -0.913. The molecule has 0 atom stereocenters. The smallest absolute Gasteiger partial charge is 0.357 e. The number of carboxylic acids is 1. The van der Waals surface area contributed by atoms with Gasteiger partial charge in [0.05, 0.1) is 24.8 Å². The van der Waals surface area contributed by atoms with Crippen LogP contribution in [0.4, 0.5) is 5.69 Å². The molecule has 1 aliphatic rings. The molecular formula is C19H18N2O6S2. The minimum Gasteiger partial charge on any atom is -0.497 e. The quantitative estimate of drug-likeness (QED) is 0.505. The highest BCUT2D eigenvalue weighted by molar-refractivity contribution is 7.73. The zero-order valence-corrected chi connectivity index (χ0v) is 17.3. The minimum absolute atomic E-state index is 0.0280. The third kappa shape index (κ3) is 4.22. The summed E-state index contributed by atoms with van der Waals surface area (Å²) >= 11 is 6.46. The number of rotatable bonds is 7. The number of hydrogen-bond donors (Lipinski definition) is 2. The monoisotopic (exact) mass is 434 g/mol. The average Bonchev–Trinajstić information content (AvgIpc) is 3.19. The number of carbonyl (C=O) groups is 2. The highest BCUT2D eigenvalue weighted by Gasteiger charge is 2.28. The molecule has 1 aromatic heterocycles. The van der Waals surface area contributed by atoms with Gasteiger partial charge in [0.1, 0.15) is 5.75 Å². The molecule has 2 heterocycles. The number of hydrogen-bond acceptors (Lipinski definition) is 8. The van der Waals surface area contributed by atoms with E-state index < -0.39 is 11.9 Å². The van der Waals surface area contributed by atoms with Gasteiger partial charge in [-0.3, -0.25) is 9.36 Å². The van der Waals surface area contributed by atoms with Gasteiger partial charge in [0, 0.05) is 24.1 Å². The molecule has 152 valence electrons. The van der Waals surface area contributed by atoms with Gasteiger partial charge in [-0.05, 0) is 42.9 Å². The number of nitrogens with zero attached hydrogens (tertiary/aromatic N) is 2. The number of aliphatic imine (C=N–C) groups is 1. The number of aliphatic carboxylic acids is 1. The Balaban J connectivity index is 2.04. The molecule has 0 saturated carbocycles. The molecule has 0 amide bonds. The van der Waals surface area contributed by atoms with Gasteiger partial charge < -0.3 is 19.7 Å². The summed E-state index contributed by atoms with van der Waals surface area (Å²) < 4.78 is 12.0. The summed E-state index contributed by atoms with van der Waals surface area (Å²) in [4.78, 5) is 27.7. The average molecular weight is 434 g/mol. The van der Waals surface area contributed by atoms with Crippen molar-refractivity contribution in [2.24, 2.45) is 4.99 Å². The van der Waals surface area contributed by atoms with Gasteiger partial charge >= 0.3 is 11.9 Å². The van der Waals surface area contributed by atoms with Crippen molar-refractivity contribution in [3.05, 3.63) is 32.6 Å². The maximum atomic E-state index is 12.2. The Kier molecular flexibility index (Phi) is 6.14. The SMILES string of the molecule is COC(=O)C1=Nc2ccc(OC)cc2C1=Cc1sc(=S)n(CCCC(=O)O)c1O. The molecule has 29 heavy (non-hydrogen) atoms. The third-order valence-electron chi connectivity index (χ3n) is 4.30. The van der Waals surface area contributed by atoms with Crippen LogP contribution in [-0.2, 0) is 20.9 Å². The van der Waals surface area contributed by atoms with E-state index in [9.17, 15) is 14.7 Å². The van der Waals surface area contributed by atoms with E-state index in [0.29, 0.717) is 37.8 Å². The summed E-state index contributed by atoms with van der Waals surface area (Å²) in [6.45, 7) is 0.277. The first-order valence-corrected chi connectivity index (χ1v) is 9.80. The predicted octanol–water partition coefficient (Wildman–Crippen LogP) is 3.66. The van der Waals surface area contributed by atoms with Crippen LogP contribution in [0, 0.1) is 3.95 Å². The molecule has 1 aromatic carbocycles. The van der Waals surface area contributed by atoms with E-state index in [2.05, 4.69) is 4.99 Å². The Bertz CT molecular complexity index is 1100. The van der Waals surface area contributed by atoms with E-state index in [1.165, 1.54) is 18.8 Å². The van der Waals surface area contributed by atoms with Crippen molar-refractivity contribution in [2.45, 2.75) is 19.4 Å². The highest BCUT2D eigenvalue weighted by Crippen LogP contribution is 2.40. The maximum Gasteiger partial charge on any atom is 0.357 e. The molecule has 0 fully saturated rings. The van der Waals surface area contributed by atoms with Crippen LogP contribution < -0.4 is 4.74 Å². The molecule has 3 rings (SSSR count). The number of aromatic nitrogens is 1. The molecular weight excluding hydrogens is 416 g/mol. The molecule has 8 nitrogen and oxygen atoms in total. The number of carboxylic acid groups (broad SMARTS) is 1. The lowest BCUT2D eigenvalue weighted by Gasteiger charge is -2.06. The van der Waals surface area contributed by atoms with Crippen LogP contribution in [0.15, 0.2) is 23.2 Å². The highest BCUT2D eigenvalue weighted by atomic mass is 32.1. The van der Waals surface area contributed by atoms with E-state index in [4.69, 9.17) is 26.8 Å². The van der Waals surface area contributed by atoms with E-state index in [0.717, 1.165) is 11.3 Å². The molecule has 2 N–H and O–H groups in total. The van der Waals surface area contributed by atoms with E-state index in [1.807, 2.05) is 0 Å². The Morgan fingerprint density at radius 2 is 2.10 bits per heavy atom. The summed E-state index contributed by atoms with van der Waals surface area (Å²) in [5.41, 5.74) is 1.85. The number of benzene rings is 1. The number of aromatic hydroxyl groups is 1. The second kappa shape index (κ2) is 8.58. The molecule has 0 saturated heterocycles. The van der Waals surface area contributed by atoms with Gasteiger partial charge in [0.25, 0.3) is 0 Å². The molecule has 0 bridgehead atoms. The topological polar surface area (TPSA) is 110 Å². The molecule has 0 radical (unpaired) electrons. The van der Waals surface area contributed by atoms with Crippen molar-refractivity contribution in [1.29, 1.82) is 0 Å².